The molecular weight excluding hydrogens is 184 g/mol. The van der Waals surface area contributed by atoms with Gasteiger partial charge in [-0.3, -0.25) is 4.90 Å². The predicted molar refractivity (Wildman–Crippen MR) is 66.9 cm³/mol. The molecule has 1 aliphatic carbocycles. The first-order valence-electron chi connectivity index (χ1n) is 6.49. The molecule has 1 saturated carbocycles. The zero-order chi connectivity index (χ0) is 11.5. The molecule has 0 amide bonds. The van der Waals surface area contributed by atoms with Gasteiger partial charge in [0.2, 0.25) is 0 Å². The van der Waals surface area contributed by atoms with E-state index in [1.807, 2.05) is 0 Å². The lowest BCUT2D eigenvalue weighted by molar-refractivity contribution is 0.0623. The third-order valence-corrected chi connectivity index (χ3v) is 4.05. The number of nitrogens with two attached hydrogens (primary N) is 1. The molecule has 1 fully saturated rings. The van der Waals surface area contributed by atoms with Crippen molar-refractivity contribution in [1.29, 1.82) is 0 Å². The van der Waals surface area contributed by atoms with E-state index < -0.39 is 0 Å². The molecule has 0 aromatic heterocycles. The van der Waals surface area contributed by atoms with Crippen molar-refractivity contribution in [3.63, 3.8) is 0 Å². The van der Waals surface area contributed by atoms with Crippen LogP contribution >= 0.6 is 0 Å². The van der Waals surface area contributed by atoms with Gasteiger partial charge in [0.15, 0.2) is 0 Å². The molecule has 15 heavy (non-hydrogen) atoms. The Balaban J connectivity index is 2.63. The molecule has 1 unspecified atom stereocenters. The fraction of sp³-hybridized carbons (Fsp3) is 1.00. The minimum atomic E-state index is 0.193. The normalized spacial score (nSPS) is 21.0. The van der Waals surface area contributed by atoms with Crippen LogP contribution in [0.2, 0.25) is 0 Å². The summed E-state index contributed by atoms with van der Waals surface area (Å²) in [5, 5.41) is 0. The summed E-state index contributed by atoms with van der Waals surface area (Å²) >= 11 is 0. The van der Waals surface area contributed by atoms with E-state index in [0.29, 0.717) is 5.92 Å². The Morgan fingerprint density at radius 1 is 1.40 bits per heavy atom. The van der Waals surface area contributed by atoms with Crippen LogP contribution in [-0.4, -0.2) is 30.1 Å². The fourth-order valence-electron chi connectivity index (χ4n) is 2.17. The van der Waals surface area contributed by atoms with Gasteiger partial charge in [0.1, 0.15) is 0 Å². The molecule has 1 aliphatic rings. The minimum Gasteiger partial charge on any atom is -0.329 e. The summed E-state index contributed by atoms with van der Waals surface area (Å²) in [6, 6.07) is 0. The summed E-state index contributed by atoms with van der Waals surface area (Å²) in [5.74, 6) is 1.59. The maximum atomic E-state index is 5.99. The van der Waals surface area contributed by atoms with Crippen molar-refractivity contribution in [2.75, 3.05) is 19.6 Å². The van der Waals surface area contributed by atoms with Crippen LogP contribution in [0.5, 0.6) is 0 Å². The van der Waals surface area contributed by atoms with Gasteiger partial charge in [0, 0.05) is 18.6 Å². The Kier molecular flexibility index (Phi) is 4.60. The molecule has 0 spiro atoms. The van der Waals surface area contributed by atoms with Crippen molar-refractivity contribution >= 4 is 0 Å². The van der Waals surface area contributed by atoms with Gasteiger partial charge in [-0.2, -0.15) is 0 Å². The average Bonchev–Trinajstić information content (AvgIpc) is 2.99. The highest BCUT2D eigenvalue weighted by Crippen LogP contribution is 2.33. The SMILES string of the molecule is CCCN(CC1CC1)C(C)(CN)C(C)C. The molecule has 2 heteroatoms. The lowest BCUT2D eigenvalue weighted by Crippen LogP contribution is -2.56. The Labute approximate surface area is 95.2 Å². The Morgan fingerprint density at radius 3 is 2.33 bits per heavy atom. The number of rotatable bonds is 7. The van der Waals surface area contributed by atoms with Crippen LogP contribution in [0.3, 0.4) is 0 Å². The first-order chi connectivity index (χ1) is 7.04. The zero-order valence-corrected chi connectivity index (χ0v) is 10.9. The van der Waals surface area contributed by atoms with Gasteiger partial charge in [-0.25, -0.2) is 0 Å². The van der Waals surface area contributed by atoms with Gasteiger partial charge < -0.3 is 5.73 Å². The first-order valence-corrected chi connectivity index (χ1v) is 6.49. The monoisotopic (exact) mass is 212 g/mol. The zero-order valence-electron chi connectivity index (χ0n) is 10.9. The molecule has 0 radical (unpaired) electrons. The van der Waals surface area contributed by atoms with Gasteiger partial charge in [0.25, 0.3) is 0 Å². The van der Waals surface area contributed by atoms with Crippen LogP contribution in [0, 0.1) is 11.8 Å². The summed E-state index contributed by atoms with van der Waals surface area (Å²) in [6.07, 6.45) is 4.09. The molecule has 90 valence electrons. The van der Waals surface area contributed by atoms with Crippen molar-refractivity contribution in [2.45, 2.75) is 52.5 Å². The van der Waals surface area contributed by atoms with E-state index in [0.717, 1.165) is 12.5 Å². The van der Waals surface area contributed by atoms with Crippen molar-refractivity contribution < 1.29 is 0 Å². The largest absolute Gasteiger partial charge is 0.329 e. The molecule has 2 N–H and O–H groups in total. The van der Waals surface area contributed by atoms with Gasteiger partial charge in [-0.1, -0.05) is 20.8 Å². The maximum Gasteiger partial charge on any atom is 0.0326 e. The first kappa shape index (κ1) is 13.0. The molecule has 0 aromatic rings. The van der Waals surface area contributed by atoms with Crippen molar-refractivity contribution in [3.05, 3.63) is 0 Å². The lowest BCUT2D eigenvalue weighted by Gasteiger charge is -2.44. The summed E-state index contributed by atoms with van der Waals surface area (Å²) in [7, 11) is 0. The van der Waals surface area contributed by atoms with Crippen molar-refractivity contribution in [1.82, 2.24) is 4.90 Å². The van der Waals surface area contributed by atoms with E-state index in [1.54, 1.807) is 0 Å². The van der Waals surface area contributed by atoms with Crippen LogP contribution in [-0.2, 0) is 0 Å². The Hall–Kier alpha value is -0.0800. The lowest BCUT2D eigenvalue weighted by atomic mass is 9.86. The molecule has 0 heterocycles. The molecule has 2 nitrogen and oxygen atoms in total. The molecule has 0 aliphatic heterocycles. The van der Waals surface area contributed by atoms with Crippen LogP contribution in [0.15, 0.2) is 0 Å². The van der Waals surface area contributed by atoms with Crippen LogP contribution in [0.1, 0.15) is 47.0 Å². The predicted octanol–water partition coefficient (Wildman–Crippen LogP) is 2.48. The third-order valence-electron chi connectivity index (χ3n) is 4.05. The Bertz CT molecular complexity index is 187. The fourth-order valence-corrected chi connectivity index (χ4v) is 2.17. The second-order valence-corrected chi connectivity index (χ2v) is 5.61. The van der Waals surface area contributed by atoms with Crippen LogP contribution in [0.25, 0.3) is 0 Å². The smallest absolute Gasteiger partial charge is 0.0326 e. The summed E-state index contributed by atoms with van der Waals surface area (Å²) in [6.45, 7) is 12.4. The van der Waals surface area contributed by atoms with Gasteiger partial charge in [0.05, 0.1) is 0 Å². The van der Waals surface area contributed by atoms with E-state index in [4.69, 9.17) is 5.73 Å². The highest BCUT2D eigenvalue weighted by atomic mass is 15.2. The van der Waals surface area contributed by atoms with E-state index in [2.05, 4.69) is 32.6 Å². The second-order valence-electron chi connectivity index (χ2n) is 5.61. The van der Waals surface area contributed by atoms with Crippen LogP contribution in [0.4, 0.5) is 0 Å². The van der Waals surface area contributed by atoms with E-state index >= 15 is 0 Å². The third kappa shape index (κ3) is 3.18. The second kappa shape index (κ2) is 5.31. The van der Waals surface area contributed by atoms with Crippen molar-refractivity contribution in [2.24, 2.45) is 17.6 Å². The van der Waals surface area contributed by atoms with E-state index in [-0.39, 0.29) is 5.54 Å². The summed E-state index contributed by atoms with van der Waals surface area (Å²) in [4.78, 5) is 2.63. The molecule has 0 bridgehead atoms. The number of nitrogens with zero attached hydrogens (tertiary/aromatic N) is 1. The van der Waals surface area contributed by atoms with Crippen molar-refractivity contribution in [3.8, 4) is 0 Å². The minimum absolute atomic E-state index is 0.193. The van der Waals surface area contributed by atoms with Gasteiger partial charge in [-0.15, -0.1) is 0 Å². The maximum absolute atomic E-state index is 5.99. The topological polar surface area (TPSA) is 29.3 Å². The highest BCUT2D eigenvalue weighted by Gasteiger charge is 2.36. The highest BCUT2D eigenvalue weighted by molar-refractivity contribution is 4.92. The van der Waals surface area contributed by atoms with E-state index in [1.165, 1.54) is 32.4 Å². The molecule has 1 rings (SSSR count). The number of hydrogen-bond acceptors (Lipinski definition) is 2. The van der Waals surface area contributed by atoms with Crippen LogP contribution < -0.4 is 5.73 Å². The molecule has 0 saturated heterocycles. The average molecular weight is 212 g/mol. The standard InChI is InChI=1S/C13H28N2/c1-5-8-15(9-12-6-7-12)13(4,10-14)11(2)3/h11-12H,5-10,14H2,1-4H3. The molecular formula is C13H28N2. The van der Waals surface area contributed by atoms with Gasteiger partial charge >= 0.3 is 0 Å². The molecule has 1 atom stereocenters. The van der Waals surface area contributed by atoms with Gasteiger partial charge in [-0.05, 0) is 44.6 Å². The molecule has 0 aromatic carbocycles. The summed E-state index contributed by atoms with van der Waals surface area (Å²) in [5.41, 5.74) is 6.19. The number of hydrogen-bond donors (Lipinski definition) is 1. The van der Waals surface area contributed by atoms with E-state index in [9.17, 15) is 0 Å². The Morgan fingerprint density at radius 2 is 2.00 bits per heavy atom. The summed E-state index contributed by atoms with van der Waals surface area (Å²) < 4.78 is 0. The quantitative estimate of drug-likeness (QED) is 0.702.